The Kier molecular flexibility index (Phi) is 5.28. The van der Waals surface area contributed by atoms with E-state index in [0.717, 1.165) is 24.1 Å². The number of benzene rings is 1. The summed E-state index contributed by atoms with van der Waals surface area (Å²) in [5.74, 6) is 0.216. The zero-order valence-corrected chi connectivity index (χ0v) is 17.0. The van der Waals surface area contributed by atoms with Gasteiger partial charge < -0.3 is 4.98 Å². The number of hydrogen-bond acceptors (Lipinski definition) is 5. The lowest BCUT2D eigenvalue weighted by atomic mass is 9.63. The van der Waals surface area contributed by atoms with Gasteiger partial charge in [0.05, 0.1) is 0 Å². The van der Waals surface area contributed by atoms with Gasteiger partial charge in [-0.05, 0) is 44.1 Å². The Balaban J connectivity index is 1.76. The number of rotatable bonds is 4. The summed E-state index contributed by atoms with van der Waals surface area (Å²) in [5, 5.41) is 18.9. The number of H-pyrrole nitrogens is 1. The van der Waals surface area contributed by atoms with Crippen LogP contribution in [0, 0.1) is 5.92 Å². The Morgan fingerprint density at radius 2 is 2.03 bits per heavy atom. The number of aromatic amines is 1. The van der Waals surface area contributed by atoms with E-state index in [-0.39, 0.29) is 22.4 Å². The van der Waals surface area contributed by atoms with Crippen LogP contribution in [0.25, 0.3) is 6.08 Å². The van der Waals surface area contributed by atoms with Crippen molar-refractivity contribution in [1.29, 1.82) is 0 Å². The minimum atomic E-state index is -0.542. The van der Waals surface area contributed by atoms with Gasteiger partial charge in [0.25, 0.3) is 0 Å². The van der Waals surface area contributed by atoms with E-state index in [9.17, 15) is 15.2 Å². The smallest absolute Gasteiger partial charge is 0.248 e. The molecule has 4 rings (SSSR count). The first-order valence-electron chi connectivity index (χ1n) is 10.00. The van der Waals surface area contributed by atoms with Crippen molar-refractivity contribution in [2.75, 3.05) is 5.23 Å². The second-order valence-corrected chi connectivity index (χ2v) is 7.81. The number of nitrogens with one attached hydrogen (secondary N) is 1. The molecule has 6 nitrogen and oxygen atoms in total. The Labute approximate surface area is 175 Å². The molecule has 0 aliphatic heterocycles. The van der Waals surface area contributed by atoms with Crippen molar-refractivity contribution in [2.24, 2.45) is 10.9 Å². The van der Waals surface area contributed by atoms with Crippen molar-refractivity contribution in [3.8, 4) is 0 Å². The lowest BCUT2D eigenvalue weighted by Gasteiger charge is -2.45. The molecule has 0 spiro atoms. The van der Waals surface area contributed by atoms with Crippen LogP contribution >= 0.6 is 0 Å². The summed E-state index contributed by atoms with van der Waals surface area (Å²) in [5.41, 5.74) is 4.82. The molecule has 1 aromatic heterocycles. The summed E-state index contributed by atoms with van der Waals surface area (Å²) in [6.07, 6.45) is 11.3. The molecule has 0 saturated carbocycles. The van der Waals surface area contributed by atoms with E-state index < -0.39 is 5.54 Å². The second kappa shape index (κ2) is 7.89. The third kappa shape index (κ3) is 3.44. The second-order valence-electron chi connectivity index (χ2n) is 7.81. The quantitative estimate of drug-likeness (QED) is 0.401. The fraction of sp³-hybridized carbons (Fsp3) is 0.250. The maximum atomic E-state index is 11.9. The van der Waals surface area contributed by atoms with Gasteiger partial charge in [-0.1, -0.05) is 42.0 Å². The van der Waals surface area contributed by atoms with Crippen LogP contribution in [0.15, 0.2) is 75.6 Å². The van der Waals surface area contributed by atoms with Crippen LogP contribution in [-0.4, -0.2) is 21.6 Å². The number of aromatic nitrogens is 1. The molecule has 6 heteroatoms. The summed E-state index contributed by atoms with van der Waals surface area (Å²) in [6, 6.07) is 10.4. The van der Waals surface area contributed by atoms with Crippen LogP contribution in [-0.2, 0) is 12.0 Å². The Bertz CT molecular complexity index is 1140. The molecule has 2 aliphatic carbocycles. The van der Waals surface area contributed by atoms with E-state index in [2.05, 4.69) is 24.1 Å². The minimum Gasteiger partial charge on any atom is -0.326 e. The van der Waals surface area contributed by atoms with E-state index >= 15 is 0 Å². The highest BCUT2D eigenvalue weighted by molar-refractivity contribution is 5.81. The molecule has 1 aromatic carbocycles. The molecule has 2 aliphatic rings. The lowest BCUT2D eigenvalue weighted by Crippen LogP contribution is -2.40. The highest BCUT2D eigenvalue weighted by Gasteiger charge is 2.46. The number of nitrogens with zero attached hydrogens (tertiary/aromatic N) is 2. The van der Waals surface area contributed by atoms with Crippen LogP contribution in [0.4, 0.5) is 5.69 Å². The van der Waals surface area contributed by atoms with Gasteiger partial charge in [-0.3, -0.25) is 20.2 Å². The van der Waals surface area contributed by atoms with E-state index in [1.807, 2.05) is 19.1 Å². The summed E-state index contributed by atoms with van der Waals surface area (Å²) >= 11 is 0. The topological polar surface area (TPSA) is 88.9 Å². The lowest BCUT2D eigenvalue weighted by molar-refractivity contribution is 0.0290. The standard InChI is InChI=1S/C24H25N3O3/c1-3-19-18-13-16(2)15-24(19,20-10-11-23(28)26-21(20)14-18)25-12-6-8-17-7-4-5-9-22(17)27(29)30/h3-13,18,29-30H,14-15H2,1-2H3,(H,26,28)/b8-6+,19-3+,25-12?. The molecule has 2 atom stereocenters. The van der Waals surface area contributed by atoms with Crippen molar-refractivity contribution in [3.63, 3.8) is 0 Å². The molecule has 3 N–H and O–H groups in total. The largest absolute Gasteiger partial charge is 0.326 e. The molecule has 1 heterocycles. The van der Waals surface area contributed by atoms with Crippen LogP contribution in [0.3, 0.4) is 0 Å². The third-order valence-corrected chi connectivity index (χ3v) is 5.89. The van der Waals surface area contributed by atoms with Gasteiger partial charge in [0, 0.05) is 41.4 Å². The average Bonchev–Trinajstić information content (AvgIpc) is 2.70. The van der Waals surface area contributed by atoms with E-state index in [1.54, 1.807) is 42.6 Å². The summed E-state index contributed by atoms with van der Waals surface area (Å²) in [7, 11) is 0. The molecule has 0 amide bonds. The van der Waals surface area contributed by atoms with Crippen molar-refractivity contribution in [3.05, 3.63) is 92.9 Å². The van der Waals surface area contributed by atoms with Gasteiger partial charge in [-0.2, -0.15) is 0 Å². The van der Waals surface area contributed by atoms with Gasteiger partial charge in [0.15, 0.2) is 0 Å². The Morgan fingerprint density at radius 3 is 2.80 bits per heavy atom. The molecule has 0 fully saturated rings. The normalized spacial score (nSPS) is 24.3. The minimum absolute atomic E-state index is 0.0929. The SMILES string of the molecule is C/C=C1\C2C=C(C)CC1(N=C/C=C/c1ccccc1N(O)O)c1ccc(=O)[nH]c1C2. The van der Waals surface area contributed by atoms with Crippen molar-refractivity contribution in [2.45, 2.75) is 32.2 Å². The fourth-order valence-corrected chi connectivity index (χ4v) is 4.78. The first kappa shape index (κ1) is 20.1. The van der Waals surface area contributed by atoms with Crippen LogP contribution in [0.2, 0.25) is 0 Å². The molecule has 2 aromatic rings. The van der Waals surface area contributed by atoms with E-state index in [1.165, 1.54) is 11.1 Å². The molecule has 30 heavy (non-hydrogen) atoms. The highest BCUT2D eigenvalue weighted by Crippen LogP contribution is 2.51. The predicted molar refractivity (Wildman–Crippen MR) is 118 cm³/mol. The zero-order valence-electron chi connectivity index (χ0n) is 17.0. The molecule has 2 bridgehead atoms. The van der Waals surface area contributed by atoms with Crippen LogP contribution < -0.4 is 10.8 Å². The monoisotopic (exact) mass is 403 g/mol. The predicted octanol–water partition coefficient (Wildman–Crippen LogP) is 4.41. The van der Waals surface area contributed by atoms with Crippen LogP contribution in [0.5, 0.6) is 0 Å². The number of aliphatic imine (C=N–C) groups is 1. The number of allylic oxidation sites excluding steroid dienone is 3. The molecule has 0 radical (unpaired) electrons. The van der Waals surface area contributed by atoms with Gasteiger partial charge >= 0.3 is 0 Å². The first-order valence-corrected chi connectivity index (χ1v) is 10.00. The average molecular weight is 403 g/mol. The third-order valence-electron chi connectivity index (χ3n) is 5.89. The van der Waals surface area contributed by atoms with Crippen molar-refractivity contribution >= 4 is 18.0 Å². The number of para-hydroxylation sites is 1. The first-order chi connectivity index (χ1) is 14.4. The van der Waals surface area contributed by atoms with Gasteiger partial charge in [0.1, 0.15) is 11.2 Å². The van der Waals surface area contributed by atoms with E-state index in [4.69, 9.17) is 4.99 Å². The number of pyridine rings is 1. The Hall–Kier alpha value is -3.22. The molecule has 2 unspecified atom stereocenters. The molecular weight excluding hydrogens is 378 g/mol. The van der Waals surface area contributed by atoms with Crippen molar-refractivity contribution in [1.82, 2.24) is 4.98 Å². The molecule has 154 valence electrons. The zero-order chi connectivity index (χ0) is 21.3. The van der Waals surface area contributed by atoms with Crippen molar-refractivity contribution < 1.29 is 10.4 Å². The number of fused-ring (bicyclic) bond motifs is 4. The summed E-state index contributed by atoms with van der Waals surface area (Å²) in [6.45, 7) is 4.17. The van der Waals surface area contributed by atoms with Gasteiger partial charge in [-0.25, -0.2) is 0 Å². The van der Waals surface area contributed by atoms with E-state index in [0.29, 0.717) is 5.56 Å². The van der Waals surface area contributed by atoms with Gasteiger partial charge in [-0.15, -0.1) is 5.23 Å². The fourth-order valence-electron chi connectivity index (χ4n) is 4.78. The molecule has 0 saturated heterocycles. The summed E-state index contributed by atoms with van der Waals surface area (Å²) < 4.78 is 0. The number of anilines is 1. The van der Waals surface area contributed by atoms with Crippen LogP contribution in [0.1, 0.15) is 37.1 Å². The maximum absolute atomic E-state index is 11.9. The Morgan fingerprint density at radius 1 is 1.23 bits per heavy atom. The maximum Gasteiger partial charge on any atom is 0.248 e. The van der Waals surface area contributed by atoms with Gasteiger partial charge in [0.2, 0.25) is 5.56 Å². The highest BCUT2D eigenvalue weighted by atomic mass is 16.8. The summed E-state index contributed by atoms with van der Waals surface area (Å²) in [4.78, 5) is 19.9. The molecular formula is C24H25N3O3. The number of hydrogen-bond donors (Lipinski definition) is 3.